The summed E-state index contributed by atoms with van der Waals surface area (Å²) in [6, 6.07) is 0. The second-order valence-electron chi connectivity index (χ2n) is 8.00. The fourth-order valence-corrected chi connectivity index (χ4v) is 4.30. The Hall–Kier alpha value is -3.80. The third-order valence-corrected chi connectivity index (χ3v) is 5.88. The van der Waals surface area contributed by atoms with Crippen LogP contribution >= 0.6 is 0 Å². The molecule has 3 aromatic heterocycles. The summed E-state index contributed by atoms with van der Waals surface area (Å²) in [6.45, 7) is 10.6. The van der Waals surface area contributed by atoms with Crippen molar-refractivity contribution in [2.45, 2.75) is 39.3 Å². The molecule has 31 heavy (non-hydrogen) atoms. The molecule has 0 atom stereocenters. The van der Waals surface area contributed by atoms with E-state index < -0.39 is 0 Å². The first-order chi connectivity index (χ1) is 15.0. The normalized spacial score (nSPS) is 15.7. The van der Waals surface area contributed by atoms with E-state index in [-0.39, 0.29) is 5.91 Å². The van der Waals surface area contributed by atoms with Gasteiger partial charge in [0.25, 0.3) is 5.82 Å². The lowest BCUT2D eigenvalue weighted by Gasteiger charge is -2.16. The van der Waals surface area contributed by atoms with Crippen LogP contribution in [0.3, 0.4) is 0 Å². The summed E-state index contributed by atoms with van der Waals surface area (Å²) in [5.41, 5.74) is 6.60. The summed E-state index contributed by atoms with van der Waals surface area (Å²) in [4.78, 5) is 27.6. The highest BCUT2D eigenvalue weighted by Crippen LogP contribution is 2.37. The predicted molar refractivity (Wildman–Crippen MR) is 114 cm³/mol. The molecule has 3 aromatic rings. The van der Waals surface area contributed by atoms with Gasteiger partial charge in [-0.1, -0.05) is 12.6 Å². The van der Waals surface area contributed by atoms with E-state index in [9.17, 15) is 4.79 Å². The maximum atomic E-state index is 12.7. The van der Waals surface area contributed by atoms with Crippen LogP contribution in [0.4, 0.5) is 5.82 Å². The van der Waals surface area contributed by atoms with Gasteiger partial charge in [-0.05, 0) is 13.3 Å². The second-order valence-corrected chi connectivity index (χ2v) is 8.00. The van der Waals surface area contributed by atoms with E-state index in [1.807, 2.05) is 17.8 Å². The predicted octanol–water partition coefficient (Wildman–Crippen LogP) is 2.67. The Kier molecular flexibility index (Phi) is 4.43. The van der Waals surface area contributed by atoms with Crippen LogP contribution in [0.5, 0.6) is 0 Å². The molecule has 4 heterocycles. The molecule has 0 spiro atoms. The summed E-state index contributed by atoms with van der Waals surface area (Å²) in [5, 5.41) is 9.19. The monoisotopic (exact) mass is 414 g/mol. The molecule has 4 bridgehead atoms. The molecule has 2 aliphatic rings. The van der Waals surface area contributed by atoms with Gasteiger partial charge in [-0.3, -0.25) is 14.5 Å². The van der Waals surface area contributed by atoms with Gasteiger partial charge in [0.1, 0.15) is 5.69 Å². The molecule has 0 radical (unpaired) electrons. The number of aryl methyl sites for hydroxylation is 3. The van der Waals surface area contributed by atoms with E-state index in [0.29, 0.717) is 48.7 Å². The van der Waals surface area contributed by atoms with Gasteiger partial charge in [0.05, 0.1) is 48.1 Å². The average molecular weight is 414 g/mol. The number of carbonyl (C=O) groups excluding carboxylic acids is 1. The molecule has 0 saturated carbocycles. The Morgan fingerprint density at radius 2 is 2.03 bits per heavy atom. The van der Waals surface area contributed by atoms with Crippen LogP contribution in [-0.2, 0) is 31.4 Å². The molecule has 9 nitrogen and oxygen atoms in total. The SMILES string of the molecule is [C-]#[N+]c1c2c(nn1C)CN(C)C(=O)CCCn1cc(c(C)n1)C1=CCc3ncc-2nc31. The van der Waals surface area contributed by atoms with Crippen molar-refractivity contribution in [3.63, 3.8) is 0 Å². The van der Waals surface area contributed by atoms with Crippen molar-refractivity contribution in [1.82, 2.24) is 34.4 Å². The third-order valence-electron chi connectivity index (χ3n) is 5.88. The Balaban J connectivity index is 1.72. The Labute approximate surface area is 179 Å². The van der Waals surface area contributed by atoms with Gasteiger partial charge in [0.2, 0.25) is 5.91 Å². The van der Waals surface area contributed by atoms with Crippen LogP contribution in [0.1, 0.15) is 41.2 Å². The van der Waals surface area contributed by atoms with E-state index in [0.717, 1.165) is 34.6 Å². The van der Waals surface area contributed by atoms with Crippen molar-refractivity contribution in [2.75, 3.05) is 7.05 Å². The van der Waals surface area contributed by atoms with Crippen molar-refractivity contribution in [3.8, 4) is 11.3 Å². The van der Waals surface area contributed by atoms with Crippen LogP contribution in [0, 0.1) is 13.5 Å². The molecule has 156 valence electrons. The van der Waals surface area contributed by atoms with Crippen molar-refractivity contribution in [1.29, 1.82) is 0 Å². The van der Waals surface area contributed by atoms with E-state index in [1.165, 1.54) is 0 Å². The van der Waals surface area contributed by atoms with Gasteiger partial charge in [0.15, 0.2) is 0 Å². The van der Waals surface area contributed by atoms with Crippen LogP contribution in [0.2, 0.25) is 0 Å². The number of hydrogen-bond donors (Lipinski definition) is 0. The molecule has 0 unspecified atom stereocenters. The number of hydrogen-bond acceptors (Lipinski definition) is 5. The van der Waals surface area contributed by atoms with E-state index in [2.05, 4.69) is 26.1 Å². The van der Waals surface area contributed by atoms with Crippen molar-refractivity contribution in [3.05, 3.63) is 58.2 Å². The van der Waals surface area contributed by atoms with Crippen LogP contribution < -0.4 is 0 Å². The standard InChI is InChI=1S/C22H22N8O/c1-13-15-11-30(26-13)9-5-6-19(31)28(3)12-18-20(22(23-2)29(4)27-18)17-10-24-16-8-7-14(15)21(16)25-17/h7,10-11H,5-6,8-9,12H2,1,3-4H3. The number of nitrogens with zero attached hydrogens (tertiary/aromatic N) is 8. The highest BCUT2D eigenvalue weighted by molar-refractivity contribution is 5.85. The molecular formula is C22H22N8O. The number of rotatable bonds is 0. The molecule has 5 rings (SSSR count). The summed E-state index contributed by atoms with van der Waals surface area (Å²) < 4.78 is 3.46. The summed E-state index contributed by atoms with van der Waals surface area (Å²) in [7, 11) is 3.51. The molecule has 1 aliphatic heterocycles. The lowest BCUT2D eigenvalue weighted by atomic mass is 10.1. The molecule has 0 fully saturated rings. The summed E-state index contributed by atoms with van der Waals surface area (Å²) in [5.74, 6) is 0.422. The molecule has 1 amide bonds. The summed E-state index contributed by atoms with van der Waals surface area (Å²) >= 11 is 0. The number of allylic oxidation sites excluding steroid dienone is 1. The minimum absolute atomic E-state index is 0.0313. The molecule has 1 aliphatic carbocycles. The first kappa shape index (κ1) is 19.2. The van der Waals surface area contributed by atoms with Crippen molar-refractivity contribution >= 4 is 17.3 Å². The minimum Gasteiger partial charge on any atom is -0.362 e. The fourth-order valence-electron chi connectivity index (χ4n) is 4.30. The van der Waals surface area contributed by atoms with Crippen LogP contribution in [-0.4, -0.2) is 47.4 Å². The van der Waals surface area contributed by atoms with Gasteiger partial charge in [-0.15, -0.1) is 5.10 Å². The van der Waals surface area contributed by atoms with Gasteiger partial charge >= 0.3 is 0 Å². The largest absolute Gasteiger partial charge is 0.362 e. The fraction of sp³-hybridized carbons (Fsp3) is 0.364. The molecule has 0 saturated heterocycles. The highest BCUT2D eigenvalue weighted by Gasteiger charge is 2.27. The average Bonchev–Trinajstić information content (AvgIpc) is 3.41. The molecular weight excluding hydrogens is 392 g/mol. The Bertz CT molecular complexity index is 1290. The van der Waals surface area contributed by atoms with E-state index >= 15 is 0 Å². The second kappa shape index (κ2) is 7.16. The molecule has 9 heteroatoms. The smallest absolute Gasteiger partial charge is 0.261 e. The van der Waals surface area contributed by atoms with E-state index in [4.69, 9.17) is 11.6 Å². The number of fused-ring (bicyclic) bond motifs is 6. The Morgan fingerprint density at radius 1 is 1.19 bits per heavy atom. The highest BCUT2D eigenvalue weighted by atomic mass is 16.2. The number of carbonyl (C=O) groups is 1. The quantitative estimate of drug-likeness (QED) is 0.528. The van der Waals surface area contributed by atoms with Crippen molar-refractivity contribution in [2.24, 2.45) is 7.05 Å². The van der Waals surface area contributed by atoms with Gasteiger partial charge in [0, 0.05) is 43.8 Å². The van der Waals surface area contributed by atoms with Crippen LogP contribution in [0.25, 0.3) is 21.7 Å². The maximum Gasteiger partial charge on any atom is 0.261 e. The number of amides is 1. The Morgan fingerprint density at radius 3 is 2.84 bits per heavy atom. The lowest BCUT2D eigenvalue weighted by Crippen LogP contribution is -2.26. The van der Waals surface area contributed by atoms with Gasteiger partial charge in [-0.2, -0.15) is 5.10 Å². The first-order valence-electron chi connectivity index (χ1n) is 10.2. The van der Waals surface area contributed by atoms with Gasteiger partial charge < -0.3 is 9.74 Å². The topological polar surface area (TPSA) is 86.1 Å². The summed E-state index contributed by atoms with van der Waals surface area (Å²) in [6.07, 6.45) is 7.71. The molecule has 0 aromatic carbocycles. The van der Waals surface area contributed by atoms with Crippen molar-refractivity contribution < 1.29 is 4.79 Å². The third kappa shape index (κ3) is 3.11. The zero-order valence-electron chi connectivity index (χ0n) is 17.8. The van der Waals surface area contributed by atoms with E-state index in [1.54, 1.807) is 29.9 Å². The zero-order chi connectivity index (χ0) is 21.7. The minimum atomic E-state index is 0.0313. The van der Waals surface area contributed by atoms with Crippen LogP contribution in [0.15, 0.2) is 18.5 Å². The maximum absolute atomic E-state index is 12.7. The van der Waals surface area contributed by atoms with Gasteiger partial charge in [-0.25, -0.2) is 9.67 Å². The molecule has 0 N–H and O–H groups in total. The number of aromatic nitrogens is 6. The first-order valence-corrected chi connectivity index (χ1v) is 10.2. The lowest BCUT2D eigenvalue weighted by molar-refractivity contribution is -0.130. The zero-order valence-corrected chi connectivity index (χ0v) is 17.8.